The Hall–Kier alpha value is -1.39. The van der Waals surface area contributed by atoms with Crippen molar-refractivity contribution in [3.63, 3.8) is 0 Å². The Morgan fingerprint density at radius 1 is 1.38 bits per heavy atom. The van der Waals surface area contributed by atoms with Crippen LogP contribution in [0.1, 0.15) is 38.9 Å². The fourth-order valence-corrected chi connectivity index (χ4v) is 3.30. The molecule has 114 valence electrons. The van der Waals surface area contributed by atoms with E-state index in [0.717, 1.165) is 36.6 Å². The molecule has 4 heteroatoms. The van der Waals surface area contributed by atoms with Gasteiger partial charge in [-0.3, -0.25) is 11.3 Å². The molecular weight excluding hydrogens is 260 g/mol. The van der Waals surface area contributed by atoms with Crippen LogP contribution in [0.4, 0.5) is 0 Å². The molecule has 0 spiro atoms. The molecule has 21 heavy (non-hydrogen) atoms. The van der Waals surface area contributed by atoms with Crippen LogP contribution in [-0.4, -0.2) is 15.6 Å². The van der Waals surface area contributed by atoms with Gasteiger partial charge < -0.3 is 4.57 Å². The fourth-order valence-electron chi connectivity index (χ4n) is 3.30. The van der Waals surface area contributed by atoms with Crippen molar-refractivity contribution in [2.75, 3.05) is 0 Å². The van der Waals surface area contributed by atoms with Gasteiger partial charge in [0.05, 0.1) is 11.0 Å². The third-order valence-electron chi connectivity index (χ3n) is 4.80. The zero-order chi connectivity index (χ0) is 14.8. The van der Waals surface area contributed by atoms with Crippen molar-refractivity contribution >= 4 is 11.0 Å². The Balaban J connectivity index is 1.89. The molecule has 1 aliphatic carbocycles. The van der Waals surface area contributed by atoms with Crippen molar-refractivity contribution in [2.45, 2.75) is 52.1 Å². The molecule has 0 bridgehead atoms. The molecule has 3 rings (SSSR count). The van der Waals surface area contributed by atoms with E-state index < -0.39 is 0 Å². The summed E-state index contributed by atoms with van der Waals surface area (Å²) in [6.07, 6.45) is 4.73. The summed E-state index contributed by atoms with van der Waals surface area (Å²) >= 11 is 0. The van der Waals surface area contributed by atoms with Gasteiger partial charge in [0.25, 0.3) is 0 Å². The first-order valence-corrected chi connectivity index (χ1v) is 8.14. The quantitative estimate of drug-likeness (QED) is 0.608. The maximum absolute atomic E-state index is 5.82. The molecule has 1 fully saturated rings. The summed E-state index contributed by atoms with van der Waals surface area (Å²) < 4.78 is 2.36. The number of hydrogen-bond donors (Lipinski definition) is 2. The van der Waals surface area contributed by atoms with Crippen LogP contribution in [-0.2, 0) is 13.0 Å². The molecule has 1 heterocycles. The number of aryl methyl sites for hydroxylation is 1. The summed E-state index contributed by atoms with van der Waals surface area (Å²) in [5, 5.41) is 0. The van der Waals surface area contributed by atoms with Crippen LogP contribution in [0.5, 0.6) is 0 Å². The minimum atomic E-state index is 0.310. The van der Waals surface area contributed by atoms with Crippen molar-refractivity contribution in [3.8, 4) is 0 Å². The third-order valence-corrected chi connectivity index (χ3v) is 4.80. The third kappa shape index (κ3) is 2.97. The number of nitrogens with one attached hydrogen (secondary N) is 1. The van der Waals surface area contributed by atoms with E-state index >= 15 is 0 Å². The number of rotatable bonds is 7. The van der Waals surface area contributed by atoms with Crippen LogP contribution in [0, 0.1) is 11.8 Å². The number of para-hydroxylation sites is 2. The first-order chi connectivity index (χ1) is 10.2. The lowest BCUT2D eigenvalue weighted by Gasteiger charge is -2.23. The summed E-state index contributed by atoms with van der Waals surface area (Å²) in [4.78, 5) is 4.85. The van der Waals surface area contributed by atoms with Gasteiger partial charge in [0.15, 0.2) is 0 Å². The summed E-state index contributed by atoms with van der Waals surface area (Å²) in [6.45, 7) is 5.55. The number of hydrazine groups is 1. The number of imidazole rings is 1. The lowest BCUT2D eigenvalue weighted by atomic mass is 9.94. The number of fused-ring (bicyclic) bond motifs is 1. The van der Waals surface area contributed by atoms with E-state index in [-0.39, 0.29) is 0 Å². The molecule has 0 aliphatic heterocycles. The Morgan fingerprint density at radius 3 is 2.81 bits per heavy atom. The van der Waals surface area contributed by atoms with Crippen molar-refractivity contribution in [2.24, 2.45) is 17.7 Å². The van der Waals surface area contributed by atoms with Gasteiger partial charge in [0.1, 0.15) is 5.82 Å². The Labute approximate surface area is 126 Å². The van der Waals surface area contributed by atoms with Crippen LogP contribution in [0.25, 0.3) is 11.0 Å². The molecule has 3 N–H and O–H groups in total. The van der Waals surface area contributed by atoms with Crippen molar-refractivity contribution in [1.82, 2.24) is 15.0 Å². The van der Waals surface area contributed by atoms with Crippen molar-refractivity contribution < 1.29 is 0 Å². The Kier molecular flexibility index (Phi) is 4.27. The highest BCUT2D eigenvalue weighted by Gasteiger charge is 2.33. The van der Waals surface area contributed by atoms with E-state index in [2.05, 4.69) is 48.1 Å². The highest BCUT2D eigenvalue weighted by atomic mass is 15.2. The number of benzene rings is 1. The van der Waals surface area contributed by atoms with Crippen LogP contribution in [0.15, 0.2) is 24.3 Å². The number of nitrogens with two attached hydrogens (primary N) is 1. The number of hydrogen-bond acceptors (Lipinski definition) is 3. The molecule has 2 unspecified atom stereocenters. The lowest BCUT2D eigenvalue weighted by Crippen LogP contribution is -2.42. The molecule has 2 aromatic rings. The first-order valence-electron chi connectivity index (χ1n) is 8.14. The molecule has 1 aromatic carbocycles. The molecule has 0 radical (unpaired) electrons. The highest BCUT2D eigenvalue weighted by molar-refractivity contribution is 5.75. The predicted octanol–water partition coefficient (Wildman–Crippen LogP) is 2.87. The normalized spacial score (nSPS) is 18.0. The Morgan fingerprint density at radius 2 is 2.14 bits per heavy atom. The van der Waals surface area contributed by atoms with Gasteiger partial charge in [0, 0.05) is 19.0 Å². The smallest absolute Gasteiger partial charge is 0.111 e. The van der Waals surface area contributed by atoms with E-state index in [1.54, 1.807) is 0 Å². The van der Waals surface area contributed by atoms with Crippen molar-refractivity contribution in [3.05, 3.63) is 30.1 Å². The molecular formula is C17H26N4. The monoisotopic (exact) mass is 286 g/mol. The zero-order valence-corrected chi connectivity index (χ0v) is 13.0. The minimum absolute atomic E-state index is 0.310. The number of nitrogens with zero attached hydrogens (tertiary/aromatic N) is 2. The van der Waals surface area contributed by atoms with Gasteiger partial charge in [-0.25, -0.2) is 4.98 Å². The molecule has 0 saturated heterocycles. The second kappa shape index (κ2) is 6.16. The highest BCUT2D eigenvalue weighted by Crippen LogP contribution is 2.38. The zero-order valence-electron chi connectivity index (χ0n) is 13.0. The SMILES string of the molecule is CCCn1c(CC(NN)C(C)C2CC2)nc2ccccc21. The molecule has 1 aliphatic rings. The molecule has 1 saturated carbocycles. The predicted molar refractivity (Wildman–Crippen MR) is 86.7 cm³/mol. The van der Waals surface area contributed by atoms with Crippen LogP contribution >= 0.6 is 0 Å². The van der Waals surface area contributed by atoms with E-state index in [0.29, 0.717) is 12.0 Å². The van der Waals surface area contributed by atoms with Gasteiger partial charge in [0.2, 0.25) is 0 Å². The van der Waals surface area contributed by atoms with Gasteiger partial charge >= 0.3 is 0 Å². The van der Waals surface area contributed by atoms with Gasteiger partial charge in [-0.2, -0.15) is 0 Å². The standard InChI is InChI=1S/C17H26N4/c1-3-10-21-16-7-5-4-6-14(16)19-17(21)11-15(20-18)12(2)13-8-9-13/h4-7,12-13,15,20H,3,8-11,18H2,1-2H3. The van der Waals surface area contributed by atoms with Gasteiger partial charge in [-0.1, -0.05) is 26.0 Å². The minimum Gasteiger partial charge on any atom is -0.328 e. The summed E-state index contributed by atoms with van der Waals surface area (Å²) in [5.41, 5.74) is 5.37. The largest absolute Gasteiger partial charge is 0.328 e. The summed E-state index contributed by atoms with van der Waals surface area (Å²) in [7, 11) is 0. The van der Waals surface area contributed by atoms with Crippen LogP contribution < -0.4 is 11.3 Å². The average molecular weight is 286 g/mol. The second-order valence-corrected chi connectivity index (χ2v) is 6.34. The summed E-state index contributed by atoms with van der Waals surface area (Å²) in [5.74, 6) is 8.44. The van der Waals surface area contributed by atoms with Gasteiger partial charge in [-0.15, -0.1) is 0 Å². The second-order valence-electron chi connectivity index (χ2n) is 6.34. The summed E-state index contributed by atoms with van der Waals surface area (Å²) in [6, 6.07) is 8.72. The molecule has 0 amide bonds. The van der Waals surface area contributed by atoms with Crippen LogP contribution in [0.2, 0.25) is 0 Å². The van der Waals surface area contributed by atoms with Crippen molar-refractivity contribution in [1.29, 1.82) is 0 Å². The maximum atomic E-state index is 5.82. The molecule has 1 aromatic heterocycles. The van der Waals surface area contributed by atoms with Crippen LogP contribution in [0.3, 0.4) is 0 Å². The fraction of sp³-hybridized carbons (Fsp3) is 0.588. The maximum Gasteiger partial charge on any atom is 0.111 e. The number of aromatic nitrogens is 2. The van der Waals surface area contributed by atoms with E-state index in [4.69, 9.17) is 10.8 Å². The lowest BCUT2D eigenvalue weighted by molar-refractivity contribution is 0.336. The first kappa shape index (κ1) is 14.5. The van der Waals surface area contributed by atoms with Gasteiger partial charge in [-0.05, 0) is 43.2 Å². The van der Waals surface area contributed by atoms with E-state index in [1.165, 1.54) is 18.4 Å². The average Bonchev–Trinajstić information content (AvgIpc) is 3.29. The van der Waals surface area contributed by atoms with E-state index in [1.807, 2.05) is 0 Å². The Bertz CT molecular complexity index is 600. The van der Waals surface area contributed by atoms with E-state index in [9.17, 15) is 0 Å². The topological polar surface area (TPSA) is 55.9 Å². The molecule has 2 atom stereocenters. The molecule has 4 nitrogen and oxygen atoms in total.